The second-order valence-corrected chi connectivity index (χ2v) is 10.0. The van der Waals surface area contributed by atoms with E-state index in [-0.39, 0.29) is 11.8 Å². The molecule has 6 rings (SSSR count). The van der Waals surface area contributed by atoms with Crippen molar-refractivity contribution in [2.45, 2.75) is 27.9 Å². The number of piperazine rings is 1. The minimum Gasteiger partial charge on any atom is -0.388 e. The van der Waals surface area contributed by atoms with Crippen LogP contribution in [0.1, 0.15) is 11.1 Å². The van der Waals surface area contributed by atoms with Gasteiger partial charge in [-0.1, -0.05) is 36.4 Å². The van der Waals surface area contributed by atoms with Gasteiger partial charge in [0.2, 0.25) is 0 Å². The number of carbonyl (C=O) groups is 2. The normalized spacial score (nSPS) is 33.3. The Labute approximate surface area is 194 Å². The quantitative estimate of drug-likeness (QED) is 0.435. The fourth-order valence-electron chi connectivity index (χ4n) is 5.89. The van der Waals surface area contributed by atoms with E-state index < -0.39 is 27.9 Å². The Hall–Kier alpha value is -2.62. The van der Waals surface area contributed by atoms with Gasteiger partial charge in [0.25, 0.3) is 11.8 Å². The summed E-state index contributed by atoms with van der Waals surface area (Å²) < 4.78 is 0. The highest BCUT2D eigenvalue weighted by atomic mass is 32.2. The number of rotatable bonds is 2. The highest BCUT2D eigenvalue weighted by Gasteiger charge is 2.77. The van der Waals surface area contributed by atoms with Crippen molar-refractivity contribution in [3.63, 3.8) is 0 Å². The number of aromatic nitrogens is 1. The van der Waals surface area contributed by atoms with E-state index in [9.17, 15) is 14.7 Å². The zero-order valence-electron chi connectivity index (χ0n) is 17.4. The molecule has 164 valence electrons. The summed E-state index contributed by atoms with van der Waals surface area (Å²) in [4.78, 5) is 32.1. The molecule has 0 aliphatic carbocycles. The summed E-state index contributed by atoms with van der Waals surface area (Å²) in [6, 6.07) is 15.6. The zero-order valence-corrected chi connectivity index (χ0v) is 19.2. The molecule has 7 nitrogen and oxygen atoms in total. The summed E-state index contributed by atoms with van der Waals surface area (Å²) >= 11 is 5.64. The van der Waals surface area contributed by atoms with Crippen molar-refractivity contribution in [3.05, 3.63) is 65.9 Å². The number of H-pyrrole nitrogens is 1. The number of fused-ring (bicyclic) bond motifs is 6. The van der Waals surface area contributed by atoms with Gasteiger partial charge in [-0.25, -0.2) is 0 Å². The number of thiol groups is 1. The van der Waals surface area contributed by atoms with Crippen LogP contribution in [0.4, 0.5) is 5.69 Å². The van der Waals surface area contributed by atoms with Crippen LogP contribution in [0.3, 0.4) is 0 Å². The van der Waals surface area contributed by atoms with Crippen molar-refractivity contribution >= 4 is 52.8 Å². The van der Waals surface area contributed by atoms with Crippen molar-refractivity contribution in [1.29, 1.82) is 0 Å². The molecule has 2 aromatic carbocycles. The molecule has 0 saturated carbocycles. The number of anilines is 1. The number of carbonyl (C=O) groups excluding carboxylic acids is 2. The summed E-state index contributed by atoms with van der Waals surface area (Å²) in [6.07, 6.45) is 1.81. The Morgan fingerprint density at radius 1 is 1.09 bits per heavy atom. The molecule has 0 spiro atoms. The van der Waals surface area contributed by atoms with Crippen LogP contribution >= 0.6 is 24.4 Å². The van der Waals surface area contributed by atoms with E-state index in [0.29, 0.717) is 0 Å². The standard InChI is InChI=1S/C23H22N4O3S2/c1-26-18(31)17(28)27-20-22(13-8-4-6-10-16(13)25-20,19(29)23(27,32-2)21(26)30)14-11-24-15-9-5-3-7-12(14)15/h3-11,18-20,24-25,29,31H,1-2H3/t18-,19-,20+,22+,23-/m0/s1. The number of likely N-dealkylation sites (N-methyl/N-ethyl adjacent to an activating group) is 1. The van der Waals surface area contributed by atoms with Crippen LogP contribution in [0.25, 0.3) is 10.9 Å². The van der Waals surface area contributed by atoms with E-state index in [1.807, 2.05) is 54.7 Å². The first-order chi connectivity index (χ1) is 15.4. The summed E-state index contributed by atoms with van der Waals surface area (Å²) in [6.45, 7) is 0. The number of amides is 2. The number of hydrogen-bond acceptors (Lipinski definition) is 6. The Balaban J connectivity index is 1.72. The SMILES string of the molecule is CS[C@@]12C(=O)N(C)[C@@H](S)C(=O)N1[C@H]1Nc3ccccc3[C@@]1(c1c[nH]c3ccccc13)[C@@H]2O. The Bertz CT molecular complexity index is 1290. The van der Waals surface area contributed by atoms with E-state index >= 15 is 0 Å². The van der Waals surface area contributed by atoms with Crippen LogP contribution < -0.4 is 5.32 Å². The number of nitrogens with zero attached hydrogens (tertiary/aromatic N) is 2. The number of para-hydroxylation sites is 2. The Morgan fingerprint density at radius 3 is 2.59 bits per heavy atom. The van der Waals surface area contributed by atoms with Crippen LogP contribution in [0, 0.1) is 0 Å². The molecule has 3 aliphatic rings. The molecule has 4 heterocycles. The van der Waals surface area contributed by atoms with Crippen molar-refractivity contribution < 1.29 is 14.7 Å². The van der Waals surface area contributed by atoms with Gasteiger partial charge in [-0.2, -0.15) is 0 Å². The van der Waals surface area contributed by atoms with Crippen molar-refractivity contribution in [3.8, 4) is 0 Å². The number of thioether (sulfide) groups is 1. The molecule has 2 saturated heterocycles. The van der Waals surface area contributed by atoms with Gasteiger partial charge < -0.3 is 20.3 Å². The maximum absolute atomic E-state index is 13.7. The number of aliphatic hydroxyl groups is 1. The summed E-state index contributed by atoms with van der Waals surface area (Å²) in [5, 5.41) is 15.7. The molecule has 0 radical (unpaired) electrons. The number of aliphatic hydroxyl groups excluding tert-OH is 1. The lowest BCUT2D eigenvalue weighted by molar-refractivity contribution is -0.160. The first kappa shape index (κ1) is 20.0. The van der Waals surface area contributed by atoms with Gasteiger partial charge in [0, 0.05) is 29.8 Å². The average molecular weight is 467 g/mol. The molecular formula is C23H22N4O3S2. The van der Waals surface area contributed by atoms with E-state index in [2.05, 4.69) is 22.9 Å². The fourth-order valence-corrected chi connectivity index (χ4v) is 7.24. The molecule has 0 bridgehead atoms. The van der Waals surface area contributed by atoms with Crippen molar-refractivity contribution in [2.75, 3.05) is 18.6 Å². The third-order valence-corrected chi connectivity index (χ3v) is 9.10. The highest BCUT2D eigenvalue weighted by molar-refractivity contribution is 8.00. The van der Waals surface area contributed by atoms with Gasteiger partial charge in [0.15, 0.2) is 10.2 Å². The topological polar surface area (TPSA) is 88.7 Å². The zero-order chi connectivity index (χ0) is 22.4. The van der Waals surface area contributed by atoms with Crippen molar-refractivity contribution in [1.82, 2.24) is 14.8 Å². The second kappa shape index (κ2) is 6.46. The molecule has 9 heteroatoms. The molecule has 5 atom stereocenters. The van der Waals surface area contributed by atoms with Gasteiger partial charge in [0.05, 0.1) is 5.41 Å². The van der Waals surface area contributed by atoms with Gasteiger partial charge in [-0.15, -0.1) is 24.4 Å². The smallest absolute Gasteiger partial charge is 0.263 e. The van der Waals surface area contributed by atoms with Crippen LogP contribution in [-0.2, 0) is 15.0 Å². The Kier molecular flexibility index (Phi) is 4.04. The predicted molar refractivity (Wildman–Crippen MR) is 128 cm³/mol. The lowest BCUT2D eigenvalue weighted by Gasteiger charge is -2.48. The fraction of sp³-hybridized carbons (Fsp3) is 0.304. The van der Waals surface area contributed by atoms with Gasteiger partial charge in [0.1, 0.15) is 12.3 Å². The summed E-state index contributed by atoms with van der Waals surface area (Å²) in [5.74, 6) is -0.638. The van der Waals surface area contributed by atoms with Crippen LogP contribution in [0.2, 0.25) is 0 Å². The monoisotopic (exact) mass is 466 g/mol. The lowest BCUT2D eigenvalue weighted by atomic mass is 9.70. The van der Waals surface area contributed by atoms with Crippen LogP contribution in [-0.4, -0.2) is 67.5 Å². The number of nitrogens with one attached hydrogen (secondary N) is 2. The maximum atomic E-state index is 13.7. The molecule has 2 fully saturated rings. The number of hydrogen-bond donors (Lipinski definition) is 4. The molecule has 0 unspecified atom stereocenters. The summed E-state index contributed by atoms with van der Waals surface area (Å²) in [5.41, 5.74) is 2.43. The molecule has 3 aromatic rings. The Morgan fingerprint density at radius 2 is 1.81 bits per heavy atom. The second-order valence-electron chi connectivity index (χ2n) is 8.51. The first-order valence-electron chi connectivity index (χ1n) is 10.3. The third-order valence-electron chi connectivity index (χ3n) is 7.31. The minimum absolute atomic E-state index is 0.309. The largest absolute Gasteiger partial charge is 0.388 e. The van der Waals surface area contributed by atoms with Gasteiger partial charge in [-0.3, -0.25) is 14.5 Å². The molecule has 3 aliphatic heterocycles. The molecule has 1 aromatic heterocycles. The van der Waals surface area contributed by atoms with Crippen LogP contribution in [0.5, 0.6) is 0 Å². The summed E-state index contributed by atoms with van der Waals surface area (Å²) in [7, 11) is 1.56. The lowest BCUT2D eigenvalue weighted by Crippen LogP contribution is -2.70. The third kappa shape index (κ3) is 2.01. The number of benzene rings is 2. The first-order valence-corrected chi connectivity index (χ1v) is 12.1. The van der Waals surface area contributed by atoms with E-state index in [4.69, 9.17) is 0 Å². The van der Waals surface area contributed by atoms with E-state index in [1.54, 1.807) is 18.2 Å². The highest BCUT2D eigenvalue weighted by Crippen LogP contribution is 2.62. The van der Waals surface area contributed by atoms with E-state index in [0.717, 1.165) is 27.7 Å². The average Bonchev–Trinajstić information content (AvgIpc) is 3.44. The molecule has 32 heavy (non-hydrogen) atoms. The maximum Gasteiger partial charge on any atom is 0.263 e. The molecule has 2 amide bonds. The van der Waals surface area contributed by atoms with Gasteiger partial charge in [-0.05, 0) is 29.5 Å². The van der Waals surface area contributed by atoms with Crippen molar-refractivity contribution in [2.24, 2.45) is 0 Å². The minimum atomic E-state index is -1.48. The molecular weight excluding hydrogens is 444 g/mol. The van der Waals surface area contributed by atoms with E-state index in [1.165, 1.54) is 16.7 Å². The predicted octanol–water partition coefficient (Wildman–Crippen LogP) is 2.20. The van der Waals surface area contributed by atoms with Gasteiger partial charge >= 0.3 is 0 Å². The number of aromatic amines is 1. The molecule has 3 N–H and O–H groups in total. The van der Waals surface area contributed by atoms with Crippen LogP contribution in [0.15, 0.2) is 54.7 Å².